The Hall–Kier alpha value is -2.69. The van der Waals surface area contributed by atoms with Crippen molar-refractivity contribution in [1.82, 2.24) is 4.90 Å². The fourth-order valence-corrected chi connectivity index (χ4v) is 3.72. The lowest BCUT2D eigenvalue weighted by Gasteiger charge is -2.37. The molecule has 3 rings (SSSR count). The Morgan fingerprint density at radius 2 is 1.68 bits per heavy atom. The summed E-state index contributed by atoms with van der Waals surface area (Å²) in [4.78, 5) is 17.0. The van der Waals surface area contributed by atoms with Crippen LogP contribution in [0, 0.1) is 13.8 Å². The number of rotatable bonds is 6. The van der Waals surface area contributed by atoms with E-state index in [2.05, 4.69) is 36.9 Å². The average molecular weight is 383 g/mol. The highest BCUT2D eigenvalue weighted by Crippen LogP contribution is 2.28. The molecule has 0 atom stereocenters. The Morgan fingerprint density at radius 3 is 2.36 bits per heavy atom. The van der Waals surface area contributed by atoms with Crippen LogP contribution in [-0.2, 0) is 11.2 Å². The van der Waals surface area contributed by atoms with E-state index in [1.54, 1.807) is 14.2 Å². The minimum atomic E-state index is 0.218. The SMILES string of the molecule is COc1ccc(CCC(=O)N2CCN(c3cccc(C)c3C)CC2)cc1OC. The van der Waals surface area contributed by atoms with Crippen molar-refractivity contribution >= 4 is 11.6 Å². The van der Waals surface area contributed by atoms with Gasteiger partial charge in [-0.1, -0.05) is 18.2 Å². The second kappa shape index (κ2) is 9.00. The zero-order valence-electron chi connectivity index (χ0n) is 17.3. The second-order valence-corrected chi connectivity index (χ2v) is 7.28. The number of carbonyl (C=O) groups is 1. The first-order chi connectivity index (χ1) is 13.5. The highest BCUT2D eigenvalue weighted by Gasteiger charge is 2.22. The van der Waals surface area contributed by atoms with Crippen molar-refractivity contribution in [2.75, 3.05) is 45.3 Å². The van der Waals surface area contributed by atoms with Crippen LogP contribution in [0.15, 0.2) is 36.4 Å². The molecular weight excluding hydrogens is 352 g/mol. The van der Waals surface area contributed by atoms with Crippen molar-refractivity contribution in [1.29, 1.82) is 0 Å². The summed E-state index contributed by atoms with van der Waals surface area (Å²) in [6.45, 7) is 7.63. The van der Waals surface area contributed by atoms with Crippen LogP contribution in [0.4, 0.5) is 5.69 Å². The van der Waals surface area contributed by atoms with E-state index in [1.807, 2.05) is 23.1 Å². The number of hydrogen-bond acceptors (Lipinski definition) is 4. The molecule has 0 saturated carbocycles. The first-order valence-electron chi connectivity index (χ1n) is 9.83. The molecule has 1 saturated heterocycles. The summed E-state index contributed by atoms with van der Waals surface area (Å²) in [5.41, 5.74) is 5.01. The van der Waals surface area contributed by atoms with Gasteiger partial charge < -0.3 is 19.3 Å². The van der Waals surface area contributed by atoms with E-state index < -0.39 is 0 Å². The number of nitrogens with zero attached hydrogens (tertiary/aromatic N) is 2. The van der Waals surface area contributed by atoms with Gasteiger partial charge in [-0.25, -0.2) is 0 Å². The summed E-state index contributed by atoms with van der Waals surface area (Å²) in [7, 11) is 3.25. The Bertz CT molecular complexity index is 827. The minimum absolute atomic E-state index is 0.218. The number of piperazine rings is 1. The van der Waals surface area contributed by atoms with E-state index >= 15 is 0 Å². The molecule has 2 aromatic carbocycles. The molecule has 1 aliphatic rings. The molecule has 0 N–H and O–H groups in total. The predicted molar refractivity (Wildman–Crippen MR) is 113 cm³/mol. The van der Waals surface area contributed by atoms with Gasteiger partial charge in [0.2, 0.25) is 5.91 Å². The zero-order chi connectivity index (χ0) is 20.1. The largest absolute Gasteiger partial charge is 0.493 e. The number of anilines is 1. The van der Waals surface area contributed by atoms with Gasteiger partial charge in [-0.15, -0.1) is 0 Å². The predicted octanol–water partition coefficient (Wildman–Crippen LogP) is 3.60. The summed E-state index contributed by atoms with van der Waals surface area (Å²) < 4.78 is 10.6. The lowest BCUT2D eigenvalue weighted by Crippen LogP contribution is -2.49. The molecule has 1 aliphatic heterocycles. The summed E-state index contributed by atoms with van der Waals surface area (Å²) in [5, 5.41) is 0. The quantitative estimate of drug-likeness (QED) is 0.766. The molecular formula is C23H30N2O3. The molecule has 1 amide bonds. The van der Waals surface area contributed by atoms with Crippen molar-refractivity contribution in [2.24, 2.45) is 0 Å². The maximum absolute atomic E-state index is 12.7. The fraction of sp³-hybridized carbons (Fsp3) is 0.435. The molecule has 150 valence electrons. The van der Waals surface area contributed by atoms with Gasteiger partial charge in [-0.3, -0.25) is 4.79 Å². The van der Waals surface area contributed by atoms with Gasteiger partial charge >= 0.3 is 0 Å². The van der Waals surface area contributed by atoms with Gasteiger partial charge in [0.25, 0.3) is 0 Å². The minimum Gasteiger partial charge on any atom is -0.493 e. The van der Waals surface area contributed by atoms with E-state index in [1.165, 1.54) is 16.8 Å². The first kappa shape index (κ1) is 20.1. The van der Waals surface area contributed by atoms with Crippen LogP contribution in [-0.4, -0.2) is 51.2 Å². The average Bonchev–Trinajstić information content (AvgIpc) is 2.73. The van der Waals surface area contributed by atoms with Crippen LogP contribution in [0.2, 0.25) is 0 Å². The highest BCUT2D eigenvalue weighted by atomic mass is 16.5. The maximum atomic E-state index is 12.7. The summed E-state index contributed by atoms with van der Waals surface area (Å²) >= 11 is 0. The number of methoxy groups -OCH3 is 2. The standard InChI is InChI=1S/C23H30N2O3/c1-17-6-5-7-20(18(17)2)24-12-14-25(15-13-24)23(26)11-9-19-8-10-21(27-3)22(16-19)28-4/h5-8,10,16H,9,11-15H2,1-4H3. The fourth-order valence-electron chi connectivity index (χ4n) is 3.72. The topological polar surface area (TPSA) is 42.0 Å². The van der Waals surface area contributed by atoms with Crippen LogP contribution in [0.5, 0.6) is 11.5 Å². The monoisotopic (exact) mass is 382 g/mol. The van der Waals surface area contributed by atoms with E-state index in [0.29, 0.717) is 24.3 Å². The lowest BCUT2D eigenvalue weighted by atomic mass is 10.1. The summed E-state index contributed by atoms with van der Waals surface area (Å²) in [6.07, 6.45) is 1.22. The molecule has 0 aromatic heterocycles. The smallest absolute Gasteiger partial charge is 0.223 e. The summed E-state index contributed by atoms with van der Waals surface area (Å²) in [6, 6.07) is 12.3. The highest BCUT2D eigenvalue weighted by molar-refractivity contribution is 5.77. The first-order valence-corrected chi connectivity index (χ1v) is 9.83. The third-order valence-corrected chi connectivity index (χ3v) is 5.62. The third-order valence-electron chi connectivity index (χ3n) is 5.62. The Balaban J connectivity index is 1.53. The molecule has 1 heterocycles. The van der Waals surface area contributed by atoms with E-state index in [0.717, 1.165) is 31.7 Å². The van der Waals surface area contributed by atoms with Crippen molar-refractivity contribution in [3.05, 3.63) is 53.1 Å². The van der Waals surface area contributed by atoms with E-state index in [9.17, 15) is 4.79 Å². The molecule has 1 fully saturated rings. The molecule has 0 bridgehead atoms. The van der Waals surface area contributed by atoms with Crippen LogP contribution in [0.25, 0.3) is 0 Å². The molecule has 0 spiro atoms. The third kappa shape index (κ3) is 4.41. The number of carbonyl (C=O) groups excluding carboxylic acids is 1. The number of benzene rings is 2. The van der Waals surface area contributed by atoms with E-state index in [-0.39, 0.29) is 5.91 Å². The van der Waals surface area contributed by atoms with Crippen LogP contribution < -0.4 is 14.4 Å². The van der Waals surface area contributed by atoms with Crippen LogP contribution in [0.1, 0.15) is 23.1 Å². The molecule has 5 nitrogen and oxygen atoms in total. The Kier molecular flexibility index (Phi) is 6.45. The summed E-state index contributed by atoms with van der Waals surface area (Å²) in [5.74, 6) is 1.63. The zero-order valence-corrected chi connectivity index (χ0v) is 17.3. The van der Waals surface area contributed by atoms with Gasteiger partial charge in [0.1, 0.15) is 0 Å². The van der Waals surface area contributed by atoms with Crippen molar-refractivity contribution < 1.29 is 14.3 Å². The maximum Gasteiger partial charge on any atom is 0.223 e. The number of amides is 1. The van der Waals surface area contributed by atoms with Gasteiger partial charge in [0.05, 0.1) is 14.2 Å². The Labute approximate surface area is 167 Å². The molecule has 0 radical (unpaired) electrons. The van der Waals surface area contributed by atoms with Crippen molar-refractivity contribution in [3.8, 4) is 11.5 Å². The van der Waals surface area contributed by atoms with Gasteiger partial charge in [-0.05, 0) is 55.2 Å². The molecule has 2 aromatic rings. The van der Waals surface area contributed by atoms with E-state index in [4.69, 9.17) is 9.47 Å². The van der Waals surface area contributed by atoms with Crippen molar-refractivity contribution in [3.63, 3.8) is 0 Å². The molecule has 5 heteroatoms. The number of ether oxygens (including phenoxy) is 2. The Morgan fingerprint density at radius 1 is 0.964 bits per heavy atom. The van der Waals surface area contributed by atoms with Crippen LogP contribution >= 0.6 is 0 Å². The number of aryl methyl sites for hydroxylation is 2. The van der Waals surface area contributed by atoms with Crippen LogP contribution in [0.3, 0.4) is 0 Å². The van der Waals surface area contributed by atoms with Gasteiger partial charge in [-0.2, -0.15) is 0 Å². The van der Waals surface area contributed by atoms with Crippen molar-refractivity contribution in [2.45, 2.75) is 26.7 Å². The molecule has 28 heavy (non-hydrogen) atoms. The molecule has 0 unspecified atom stereocenters. The van der Waals surface area contributed by atoms with Gasteiger partial charge in [0.15, 0.2) is 11.5 Å². The lowest BCUT2D eigenvalue weighted by molar-refractivity contribution is -0.131. The van der Waals surface area contributed by atoms with Gasteiger partial charge in [0, 0.05) is 38.3 Å². The normalized spacial score (nSPS) is 14.1. The molecule has 0 aliphatic carbocycles. The second-order valence-electron chi connectivity index (χ2n) is 7.28. The number of hydrogen-bond donors (Lipinski definition) is 0.